The van der Waals surface area contributed by atoms with E-state index in [2.05, 4.69) is 5.32 Å². The normalized spacial score (nSPS) is 10.2. The monoisotopic (exact) mass is 312 g/mol. The molecular weight excluding hydrogens is 304 g/mol. The number of amides is 1. The minimum absolute atomic E-state index is 0.0115. The number of benzene rings is 1. The van der Waals surface area contributed by atoms with Crippen LogP contribution in [-0.2, 0) is 11.3 Å². The third-order valence-electron chi connectivity index (χ3n) is 2.45. The molecule has 104 valence electrons. The van der Waals surface area contributed by atoms with E-state index in [1.54, 1.807) is 5.38 Å². The van der Waals surface area contributed by atoms with Gasteiger partial charge < -0.3 is 10.4 Å². The van der Waals surface area contributed by atoms with Crippen LogP contribution in [0.5, 0.6) is 0 Å². The molecule has 0 saturated carbocycles. The summed E-state index contributed by atoms with van der Waals surface area (Å²) in [4.78, 5) is 33.7. The van der Waals surface area contributed by atoms with Crippen LogP contribution in [0.1, 0.15) is 10.4 Å². The highest BCUT2D eigenvalue weighted by Gasteiger charge is 2.11. The summed E-state index contributed by atoms with van der Waals surface area (Å²) in [6.45, 7) is -0.157. The average Bonchev–Trinajstić information content (AvgIpc) is 2.77. The van der Waals surface area contributed by atoms with Crippen molar-refractivity contribution in [3.05, 3.63) is 50.0 Å². The number of carboxylic acids is 1. The molecule has 0 aliphatic carbocycles. The lowest BCUT2D eigenvalue weighted by atomic mass is 10.2. The number of aromatic carboxylic acids is 1. The number of carboxylic acid groups (broad SMARTS) is 1. The summed E-state index contributed by atoms with van der Waals surface area (Å²) in [7, 11) is 0. The number of nitrogens with one attached hydrogen (secondary N) is 1. The zero-order valence-corrected chi connectivity index (χ0v) is 11.6. The minimum Gasteiger partial charge on any atom is -0.478 e. The summed E-state index contributed by atoms with van der Waals surface area (Å²) in [5, 5.41) is 13.2. The summed E-state index contributed by atoms with van der Waals surface area (Å²) in [6, 6.07) is 3.99. The average molecular weight is 313 g/mol. The molecule has 1 aromatic heterocycles. The van der Waals surface area contributed by atoms with Gasteiger partial charge in [-0.1, -0.05) is 22.9 Å². The van der Waals surface area contributed by atoms with Crippen molar-refractivity contribution in [2.24, 2.45) is 0 Å². The molecule has 2 N–H and O–H groups in total. The lowest BCUT2D eigenvalue weighted by Gasteiger charge is -2.08. The van der Waals surface area contributed by atoms with Crippen molar-refractivity contribution >= 4 is 40.5 Å². The second-order valence-corrected chi connectivity index (χ2v) is 5.11. The van der Waals surface area contributed by atoms with Crippen molar-refractivity contribution < 1.29 is 14.7 Å². The Bertz CT molecular complexity index is 722. The minimum atomic E-state index is -1.12. The Kier molecular flexibility index (Phi) is 4.21. The molecule has 0 atom stereocenters. The maximum atomic E-state index is 11.8. The molecule has 0 saturated heterocycles. The summed E-state index contributed by atoms with van der Waals surface area (Å²) in [5.74, 6) is -1.58. The third kappa shape index (κ3) is 3.25. The summed E-state index contributed by atoms with van der Waals surface area (Å²) in [5.41, 5.74) is 0.206. The van der Waals surface area contributed by atoms with E-state index >= 15 is 0 Å². The highest BCUT2D eigenvalue weighted by atomic mass is 35.5. The first-order chi connectivity index (χ1) is 9.47. The molecule has 1 amide bonds. The van der Waals surface area contributed by atoms with Crippen molar-refractivity contribution in [1.29, 1.82) is 0 Å². The first kappa shape index (κ1) is 14.3. The zero-order valence-electron chi connectivity index (χ0n) is 10.00. The van der Waals surface area contributed by atoms with Gasteiger partial charge in [0.1, 0.15) is 6.54 Å². The Morgan fingerprint density at radius 1 is 1.40 bits per heavy atom. The molecule has 0 radical (unpaired) electrons. The van der Waals surface area contributed by atoms with Gasteiger partial charge in [-0.25, -0.2) is 4.79 Å². The van der Waals surface area contributed by atoms with E-state index in [4.69, 9.17) is 16.7 Å². The standard InChI is InChI=1S/C12H9ClN2O4S/c13-8-2-1-7(11(17)18)5-9(8)14-10(16)6-15-3-4-20-12(15)19/h1-5H,6H2,(H,14,16)(H,17,18). The number of carbonyl (C=O) groups excluding carboxylic acids is 1. The number of aromatic nitrogens is 1. The van der Waals surface area contributed by atoms with Crippen LogP contribution < -0.4 is 10.2 Å². The first-order valence-corrected chi connectivity index (χ1v) is 6.70. The molecule has 1 aromatic carbocycles. The molecule has 2 rings (SSSR count). The Morgan fingerprint density at radius 3 is 2.75 bits per heavy atom. The maximum absolute atomic E-state index is 11.8. The molecule has 0 bridgehead atoms. The predicted molar refractivity (Wildman–Crippen MR) is 75.6 cm³/mol. The number of nitrogens with zero attached hydrogens (tertiary/aromatic N) is 1. The number of carbonyl (C=O) groups is 2. The lowest BCUT2D eigenvalue weighted by molar-refractivity contribution is -0.116. The van der Waals surface area contributed by atoms with Crippen LogP contribution in [0.2, 0.25) is 5.02 Å². The Hall–Kier alpha value is -2.12. The van der Waals surface area contributed by atoms with Gasteiger partial charge in [0.15, 0.2) is 0 Å². The van der Waals surface area contributed by atoms with Crippen molar-refractivity contribution in [2.45, 2.75) is 6.54 Å². The van der Waals surface area contributed by atoms with E-state index < -0.39 is 11.9 Å². The van der Waals surface area contributed by atoms with Gasteiger partial charge >= 0.3 is 10.8 Å². The molecule has 0 fully saturated rings. The fourth-order valence-electron chi connectivity index (χ4n) is 1.51. The second-order valence-electron chi connectivity index (χ2n) is 3.84. The molecule has 0 aliphatic rings. The SMILES string of the molecule is O=C(Cn1ccsc1=O)Nc1cc(C(=O)O)ccc1Cl. The fraction of sp³-hybridized carbons (Fsp3) is 0.0833. The van der Waals surface area contributed by atoms with Crippen LogP contribution in [0.15, 0.2) is 34.6 Å². The summed E-state index contributed by atoms with van der Waals surface area (Å²) < 4.78 is 1.24. The number of hydrogen-bond acceptors (Lipinski definition) is 4. The molecular formula is C12H9ClN2O4S. The van der Waals surface area contributed by atoms with E-state index in [9.17, 15) is 14.4 Å². The van der Waals surface area contributed by atoms with Gasteiger partial charge in [0.25, 0.3) is 0 Å². The van der Waals surface area contributed by atoms with Crippen molar-refractivity contribution in [1.82, 2.24) is 4.57 Å². The van der Waals surface area contributed by atoms with Crippen molar-refractivity contribution in [2.75, 3.05) is 5.32 Å². The number of anilines is 1. The molecule has 0 aliphatic heterocycles. The maximum Gasteiger partial charge on any atom is 0.335 e. The topological polar surface area (TPSA) is 88.4 Å². The second kappa shape index (κ2) is 5.89. The summed E-state index contributed by atoms with van der Waals surface area (Å²) >= 11 is 6.87. The van der Waals surface area contributed by atoms with E-state index in [-0.39, 0.29) is 27.7 Å². The van der Waals surface area contributed by atoms with E-state index in [1.807, 2.05) is 0 Å². The van der Waals surface area contributed by atoms with E-state index in [0.29, 0.717) is 0 Å². The quantitative estimate of drug-likeness (QED) is 0.902. The first-order valence-electron chi connectivity index (χ1n) is 5.44. The van der Waals surface area contributed by atoms with Crippen LogP contribution in [0.4, 0.5) is 5.69 Å². The smallest absolute Gasteiger partial charge is 0.335 e. The lowest BCUT2D eigenvalue weighted by Crippen LogP contribution is -2.23. The zero-order chi connectivity index (χ0) is 14.7. The van der Waals surface area contributed by atoms with Crippen LogP contribution in [0.25, 0.3) is 0 Å². The van der Waals surface area contributed by atoms with Crippen molar-refractivity contribution in [3.63, 3.8) is 0 Å². The van der Waals surface area contributed by atoms with E-state index in [1.165, 1.54) is 29.0 Å². The van der Waals surface area contributed by atoms with Gasteiger partial charge in [0, 0.05) is 11.6 Å². The number of halogens is 1. The molecule has 8 heteroatoms. The van der Waals surface area contributed by atoms with E-state index in [0.717, 1.165) is 11.3 Å². The molecule has 0 spiro atoms. The van der Waals surface area contributed by atoms with Gasteiger partial charge in [-0.05, 0) is 18.2 Å². The van der Waals surface area contributed by atoms with Gasteiger partial charge in [-0.2, -0.15) is 0 Å². The largest absolute Gasteiger partial charge is 0.478 e. The van der Waals surface area contributed by atoms with Crippen LogP contribution in [0.3, 0.4) is 0 Å². The number of hydrogen-bond donors (Lipinski definition) is 2. The number of thiazole rings is 1. The Labute approximate surface area is 122 Å². The highest BCUT2D eigenvalue weighted by Crippen LogP contribution is 2.23. The number of rotatable bonds is 4. The van der Waals surface area contributed by atoms with Crippen LogP contribution in [0, 0.1) is 0 Å². The van der Waals surface area contributed by atoms with Gasteiger partial charge in [0.2, 0.25) is 5.91 Å². The summed E-state index contributed by atoms with van der Waals surface area (Å²) in [6.07, 6.45) is 1.50. The predicted octanol–water partition coefficient (Wildman–Crippen LogP) is 1.90. The molecule has 6 nitrogen and oxygen atoms in total. The van der Waals surface area contributed by atoms with Crippen LogP contribution >= 0.6 is 22.9 Å². The highest BCUT2D eigenvalue weighted by molar-refractivity contribution is 7.07. The molecule has 2 aromatic rings. The Morgan fingerprint density at radius 2 is 2.15 bits per heavy atom. The van der Waals surface area contributed by atoms with Gasteiger partial charge in [-0.3, -0.25) is 14.2 Å². The van der Waals surface area contributed by atoms with Crippen molar-refractivity contribution in [3.8, 4) is 0 Å². The molecule has 20 heavy (non-hydrogen) atoms. The van der Waals surface area contributed by atoms with Gasteiger partial charge in [-0.15, -0.1) is 0 Å². The van der Waals surface area contributed by atoms with Gasteiger partial charge in [0.05, 0.1) is 16.3 Å². The Balaban J connectivity index is 2.15. The molecule has 1 heterocycles. The fourth-order valence-corrected chi connectivity index (χ4v) is 2.26. The molecule has 0 unspecified atom stereocenters. The van der Waals surface area contributed by atoms with Crippen LogP contribution in [-0.4, -0.2) is 21.6 Å². The third-order valence-corrected chi connectivity index (χ3v) is 3.47.